The van der Waals surface area contributed by atoms with Crippen molar-refractivity contribution < 1.29 is 4.79 Å². The minimum Gasteiger partial charge on any atom is -0.313 e. The number of Topliss-reactive ketones (excluding diaryl/α,β-unsaturated/α-hetero) is 1. The van der Waals surface area contributed by atoms with Crippen LogP contribution in [0.2, 0.25) is 0 Å². The second kappa shape index (κ2) is 4.20. The molecular weight excluding hydrogens is 164 g/mol. The van der Waals surface area contributed by atoms with Gasteiger partial charge in [-0.2, -0.15) is 0 Å². The van der Waals surface area contributed by atoms with Crippen LogP contribution in [0.3, 0.4) is 0 Å². The molecule has 1 aliphatic carbocycles. The molecule has 2 aliphatic rings. The van der Waals surface area contributed by atoms with E-state index in [0.717, 1.165) is 32.5 Å². The van der Waals surface area contributed by atoms with E-state index in [4.69, 9.17) is 0 Å². The van der Waals surface area contributed by atoms with Crippen molar-refractivity contribution in [1.29, 1.82) is 0 Å². The van der Waals surface area contributed by atoms with Gasteiger partial charge in [0.2, 0.25) is 0 Å². The second-order valence-corrected chi connectivity index (χ2v) is 4.01. The minimum absolute atomic E-state index is 0.0307. The molecule has 1 aliphatic heterocycles. The third kappa shape index (κ3) is 2.09. The average Bonchev–Trinajstić information content (AvgIpc) is 2.71. The highest BCUT2D eigenvalue weighted by atomic mass is 16.1. The van der Waals surface area contributed by atoms with Crippen LogP contribution in [0.4, 0.5) is 0 Å². The van der Waals surface area contributed by atoms with Crippen LogP contribution in [0.5, 0.6) is 0 Å². The molecule has 0 spiro atoms. The lowest BCUT2D eigenvalue weighted by Gasteiger charge is -2.23. The van der Waals surface area contributed by atoms with E-state index in [-0.39, 0.29) is 6.04 Å². The van der Waals surface area contributed by atoms with Crippen LogP contribution in [-0.4, -0.2) is 31.5 Å². The fourth-order valence-electron chi connectivity index (χ4n) is 2.28. The van der Waals surface area contributed by atoms with Crippen LogP contribution in [0.15, 0.2) is 0 Å². The molecule has 3 heteroatoms. The first-order valence-corrected chi connectivity index (χ1v) is 5.29. The largest absolute Gasteiger partial charge is 0.313 e. The molecule has 1 saturated carbocycles. The van der Waals surface area contributed by atoms with Gasteiger partial charge in [-0.3, -0.25) is 4.79 Å². The molecule has 0 bridgehead atoms. The van der Waals surface area contributed by atoms with Crippen molar-refractivity contribution in [3.05, 3.63) is 0 Å². The van der Waals surface area contributed by atoms with Gasteiger partial charge in [-0.15, -0.1) is 0 Å². The molecule has 1 atom stereocenters. The van der Waals surface area contributed by atoms with Crippen molar-refractivity contribution in [2.45, 2.75) is 31.7 Å². The maximum atomic E-state index is 11.9. The Hall–Kier alpha value is -0.410. The first-order chi connectivity index (χ1) is 6.38. The second-order valence-electron chi connectivity index (χ2n) is 4.01. The number of carbonyl (C=O) groups is 1. The van der Waals surface area contributed by atoms with Gasteiger partial charge in [0.15, 0.2) is 5.78 Å². The lowest BCUT2D eigenvalue weighted by Crippen LogP contribution is -2.49. The summed E-state index contributed by atoms with van der Waals surface area (Å²) in [6.45, 7) is 2.52. The van der Waals surface area contributed by atoms with Crippen molar-refractivity contribution in [3.8, 4) is 0 Å². The average molecular weight is 181 g/mol. The van der Waals surface area contributed by atoms with Crippen LogP contribution in [-0.2, 0) is 4.79 Å². The van der Waals surface area contributed by atoms with Crippen LogP contribution >= 0.6 is 0 Å². The topological polar surface area (TPSA) is 43.2 Å². The van der Waals surface area contributed by atoms with E-state index in [1.807, 2.05) is 0 Å². The molecule has 1 heterocycles. The molecule has 73 valence electrons. The summed E-state index contributed by atoms with van der Waals surface area (Å²) in [6.07, 6.45) is 4.67. The first kappa shape index (κ1) is 9.16. The van der Waals surface area contributed by atoms with Gasteiger partial charge in [-0.05, 0) is 12.8 Å². The number of rotatable bonds is 2. The lowest BCUT2D eigenvalue weighted by molar-refractivity contribution is -0.125. The summed E-state index contributed by atoms with van der Waals surface area (Å²) < 4.78 is 0. The van der Waals surface area contributed by atoms with Crippen molar-refractivity contribution in [1.82, 2.24) is 10.6 Å². The predicted octanol–water partition coefficient (Wildman–Crippen LogP) is 0.322. The molecule has 0 amide bonds. The molecule has 0 aromatic heterocycles. The van der Waals surface area contributed by atoms with Crippen molar-refractivity contribution in [2.75, 3.05) is 19.6 Å². The van der Waals surface area contributed by atoms with Gasteiger partial charge >= 0.3 is 0 Å². The summed E-state index contributed by atoms with van der Waals surface area (Å²) in [7, 11) is 0. The molecule has 1 unspecified atom stereocenters. The number of piperazine rings is 1. The van der Waals surface area contributed by atoms with Gasteiger partial charge in [0, 0.05) is 25.6 Å². The highest BCUT2D eigenvalue weighted by molar-refractivity contribution is 5.86. The summed E-state index contributed by atoms with van der Waals surface area (Å²) in [5, 5.41) is 7.59. The van der Waals surface area contributed by atoms with E-state index in [1.165, 1.54) is 12.8 Å². The Morgan fingerprint density at radius 1 is 1.31 bits per heavy atom. The fraction of sp³-hybridized carbons (Fsp3) is 0.900. The van der Waals surface area contributed by atoms with Gasteiger partial charge in [0.05, 0.1) is 6.04 Å². The number of ketones is 1. The van der Waals surface area contributed by atoms with Crippen LogP contribution in [0, 0.1) is 5.92 Å². The van der Waals surface area contributed by atoms with E-state index in [9.17, 15) is 4.79 Å². The molecule has 0 aromatic carbocycles. The summed E-state index contributed by atoms with van der Waals surface area (Å²) in [4.78, 5) is 11.9. The normalized spacial score (nSPS) is 30.6. The van der Waals surface area contributed by atoms with Gasteiger partial charge in [-0.25, -0.2) is 5.32 Å². The number of hydrogen-bond donors (Lipinski definition) is 1. The molecule has 2 fully saturated rings. The molecule has 1 saturated heterocycles. The Morgan fingerprint density at radius 3 is 2.69 bits per heavy atom. The van der Waals surface area contributed by atoms with Gasteiger partial charge < -0.3 is 5.32 Å². The molecule has 0 aromatic rings. The quantitative estimate of drug-likeness (QED) is 0.667. The molecule has 1 radical (unpaired) electrons. The highest BCUT2D eigenvalue weighted by Crippen LogP contribution is 2.26. The Balaban J connectivity index is 1.87. The highest BCUT2D eigenvalue weighted by Gasteiger charge is 2.30. The summed E-state index contributed by atoms with van der Waals surface area (Å²) in [5.41, 5.74) is 0. The van der Waals surface area contributed by atoms with Crippen LogP contribution in [0.25, 0.3) is 0 Å². The maximum Gasteiger partial charge on any atom is 0.155 e. The SMILES string of the molecule is O=C(C1CCCC1)C1CNCC[N]1. The first-order valence-electron chi connectivity index (χ1n) is 5.29. The molecule has 13 heavy (non-hydrogen) atoms. The third-order valence-electron chi connectivity index (χ3n) is 3.06. The molecular formula is C10H17N2O. The maximum absolute atomic E-state index is 11.9. The summed E-state index contributed by atoms with van der Waals surface area (Å²) in [6, 6.07) is -0.0307. The lowest BCUT2D eigenvalue weighted by atomic mass is 9.96. The Labute approximate surface area is 79.3 Å². The van der Waals surface area contributed by atoms with E-state index >= 15 is 0 Å². The number of nitrogens with zero attached hydrogens (tertiary/aromatic N) is 1. The third-order valence-corrected chi connectivity index (χ3v) is 3.06. The van der Waals surface area contributed by atoms with Gasteiger partial charge in [0.25, 0.3) is 0 Å². The zero-order chi connectivity index (χ0) is 9.10. The van der Waals surface area contributed by atoms with Gasteiger partial charge in [0.1, 0.15) is 0 Å². The van der Waals surface area contributed by atoms with E-state index in [0.29, 0.717) is 11.7 Å². The predicted molar refractivity (Wildman–Crippen MR) is 50.6 cm³/mol. The minimum atomic E-state index is -0.0307. The van der Waals surface area contributed by atoms with Crippen molar-refractivity contribution in [3.63, 3.8) is 0 Å². The van der Waals surface area contributed by atoms with Crippen LogP contribution < -0.4 is 10.6 Å². The monoisotopic (exact) mass is 181 g/mol. The van der Waals surface area contributed by atoms with Gasteiger partial charge in [-0.1, -0.05) is 12.8 Å². The number of hydrogen-bond acceptors (Lipinski definition) is 2. The molecule has 1 N–H and O–H groups in total. The van der Waals surface area contributed by atoms with E-state index in [1.54, 1.807) is 0 Å². The van der Waals surface area contributed by atoms with Crippen molar-refractivity contribution >= 4 is 5.78 Å². The number of nitrogens with one attached hydrogen (secondary N) is 1. The fourth-order valence-corrected chi connectivity index (χ4v) is 2.28. The zero-order valence-electron chi connectivity index (χ0n) is 7.96. The van der Waals surface area contributed by atoms with E-state index < -0.39 is 0 Å². The molecule has 3 nitrogen and oxygen atoms in total. The number of carbonyl (C=O) groups excluding carboxylic acids is 1. The standard InChI is InChI=1S/C10H17N2O/c13-10(8-3-1-2-4-8)9-7-11-5-6-12-9/h8-9,11H,1-7H2. The summed E-state index contributed by atoms with van der Waals surface area (Å²) in [5.74, 6) is 0.721. The van der Waals surface area contributed by atoms with Crippen molar-refractivity contribution in [2.24, 2.45) is 5.92 Å². The Bertz CT molecular complexity index is 181. The smallest absolute Gasteiger partial charge is 0.155 e. The zero-order valence-corrected chi connectivity index (χ0v) is 7.96. The summed E-state index contributed by atoms with van der Waals surface area (Å²) >= 11 is 0. The van der Waals surface area contributed by atoms with E-state index in [2.05, 4.69) is 10.6 Å². The Kier molecular flexibility index (Phi) is 2.96. The molecule has 2 rings (SSSR count). The van der Waals surface area contributed by atoms with Crippen LogP contribution in [0.1, 0.15) is 25.7 Å². The Morgan fingerprint density at radius 2 is 2.08 bits per heavy atom.